The molecule has 0 spiro atoms. The zero-order valence-electron chi connectivity index (χ0n) is 24.3. The van der Waals surface area contributed by atoms with Gasteiger partial charge >= 0.3 is 67.4 Å². The Balaban J connectivity index is -0.0000000308. The van der Waals surface area contributed by atoms with E-state index in [0.717, 1.165) is 39.0 Å². The molecule has 0 aromatic heterocycles. The van der Waals surface area contributed by atoms with Crippen LogP contribution in [0, 0.1) is 0 Å². The normalized spacial score (nSPS) is 10.2. The molecular weight excluding hydrogens is 552 g/mol. The van der Waals surface area contributed by atoms with E-state index in [4.69, 9.17) is 46.3 Å². The van der Waals surface area contributed by atoms with E-state index in [0.29, 0.717) is 39.4 Å². The number of rotatable bonds is 8. The van der Waals surface area contributed by atoms with Crippen LogP contribution in [-0.2, 0) is 18.2 Å². The van der Waals surface area contributed by atoms with Gasteiger partial charge in [-0.25, -0.2) is 0 Å². The molecule has 0 aliphatic carbocycles. The molecule has 12 nitrogen and oxygen atoms in total. The van der Waals surface area contributed by atoms with Gasteiger partial charge in [-0.05, 0) is 12.8 Å². The van der Waals surface area contributed by atoms with E-state index in [1.54, 1.807) is 0 Å². The molecule has 1 rings (SSSR count). The average Bonchev–Trinajstić information content (AvgIpc) is 3.18. The number of nitrogens with two attached hydrogens (primary N) is 4. The van der Waals surface area contributed by atoms with E-state index < -0.39 is 16.5 Å². The predicted octanol–water partition coefficient (Wildman–Crippen LogP) is -5.69. The molecule has 0 amide bonds. The summed E-state index contributed by atoms with van der Waals surface area (Å²) in [5.41, 5.74) is 20.7. The second kappa shape index (κ2) is 98.5. The van der Waals surface area contributed by atoms with Gasteiger partial charge in [0.05, 0.1) is 13.2 Å². The Hall–Kier alpha value is 0.760. The molecule has 222 valence electrons. The van der Waals surface area contributed by atoms with Crippen molar-refractivity contribution in [1.29, 1.82) is 0 Å². The molecule has 1 aliphatic rings. The Morgan fingerprint density at radius 3 is 0.974 bits per heavy atom. The first-order chi connectivity index (χ1) is 17.5. The molecule has 0 aromatic rings. The fourth-order valence-electron chi connectivity index (χ4n) is 1.22. The zero-order chi connectivity index (χ0) is 30.5. The summed E-state index contributed by atoms with van der Waals surface area (Å²) >= 11 is 0. The Bertz CT molecular complexity index is 348. The summed E-state index contributed by atoms with van der Waals surface area (Å²) in [7, 11) is -5.71. The quantitative estimate of drug-likeness (QED) is 0.0656. The van der Waals surface area contributed by atoms with Gasteiger partial charge in [0.15, 0.2) is 0 Å². The van der Waals surface area contributed by atoms with Crippen LogP contribution in [0.1, 0.15) is 12.8 Å². The standard InChI is InChI=1S/2C4H13N3.C4H9O3P.5C2H4.2Na.H3O3P/c2*5-1-3-7-4-2-6;5-8-6-3-1-2-4-7-8;5*1-2;;;1-4(2)3/h2*7H,1-6H2;8H,1-4H2;5*1-2H2;;;4H,(H2,1,2,3)/q;;;;;;;;2*+1;/p-2. The largest absolute Gasteiger partial charge is 1.00 e. The van der Waals surface area contributed by atoms with Crippen molar-refractivity contribution in [2.24, 2.45) is 22.9 Å². The molecule has 16 heteroatoms. The third kappa shape index (κ3) is 149. The summed E-state index contributed by atoms with van der Waals surface area (Å²) in [6.07, 6.45) is 1.94. The van der Waals surface area contributed by atoms with E-state index in [1.165, 1.54) is 0 Å². The summed E-state index contributed by atoms with van der Waals surface area (Å²) in [5.74, 6) is 0. The third-order valence-corrected chi connectivity index (χ3v) is 3.14. The molecule has 0 saturated carbocycles. The van der Waals surface area contributed by atoms with E-state index in [9.17, 15) is 4.57 Å². The second-order valence-electron chi connectivity index (χ2n) is 4.56. The fourth-order valence-corrected chi connectivity index (χ4v) is 1.92. The topological polar surface area (TPSA) is 227 Å². The van der Waals surface area contributed by atoms with Crippen molar-refractivity contribution in [3.05, 3.63) is 65.8 Å². The minimum absolute atomic E-state index is 0. The first-order valence-electron chi connectivity index (χ1n) is 10.8. The van der Waals surface area contributed by atoms with Gasteiger partial charge < -0.3 is 57.0 Å². The van der Waals surface area contributed by atoms with E-state index >= 15 is 0 Å². The van der Waals surface area contributed by atoms with Gasteiger partial charge in [-0.2, -0.15) is 0 Å². The van der Waals surface area contributed by atoms with Gasteiger partial charge in [0, 0.05) is 52.4 Å². The van der Waals surface area contributed by atoms with E-state index in [1.807, 2.05) is 0 Å². The van der Waals surface area contributed by atoms with Crippen molar-refractivity contribution in [3.63, 3.8) is 0 Å². The zero-order valence-corrected chi connectivity index (χ0v) is 30.3. The van der Waals surface area contributed by atoms with Crippen LogP contribution in [0.25, 0.3) is 0 Å². The van der Waals surface area contributed by atoms with Crippen LogP contribution in [0.5, 0.6) is 0 Å². The third-order valence-electron chi connectivity index (χ3n) is 2.26. The van der Waals surface area contributed by atoms with Crippen molar-refractivity contribution in [2.45, 2.75) is 12.8 Å². The minimum Gasteiger partial charge on any atom is -0.813 e. The summed E-state index contributed by atoms with van der Waals surface area (Å²) in [5, 5.41) is 6.07. The van der Waals surface area contributed by atoms with Gasteiger partial charge in [0.1, 0.15) is 0 Å². The van der Waals surface area contributed by atoms with Crippen molar-refractivity contribution < 1.29 is 87.1 Å². The van der Waals surface area contributed by atoms with Gasteiger partial charge in [-0.1, -0.05) is 8.25 Å². The fraction of sp³-hybridized carbons (Fsp3) is 0.545. The van der Waals surface area contributed by atoms with E-state index in [2.05, 4.69) is 76.4 Å². The van der Waals surface area contributed by atoms with Crippen molar-refractivity contribution >= 4 is 16.5 Å². The summed E-state index contributed by atoms with van der Waals surface area (Å²) in [6.45, 7) is 37.5. The number of nitrogens with one attached hydrogen (secondary N) is 2. The molecule has 0 bridgehead atoms. The van der Waals surface area contributed by atoms with Crippen molar-refractivity contribution in [2.75, 3.05) is 65.6 Å². The van der Waals surface area contributed by atoms with Gasteiger partial charge in [0.25, 0.3) is 0 Å². The molecule has 1 aliphatic heterocycles. The minimum atomic E-state index is -3.63. The van der Waals surface area contributed by atoms with Gasteiger partial charge in [-0.15, -0.1) is 65.8 Å². The molecule has 0 aromatic carbocycles. The Morgan fingerprint density at radius 2 is 0.816 bits per heavy atom. The first kappa shape index (κ1) is 66.8. The average molecular weight is 609 g/mol. The predicted molar refractivity (Wildman–Crippen MR) is 157 cm³/mol. The van der Waals surface area contributed by atoms with Crippen LogP contribution in [0.15, 0.2) is 65.8 Å². The van der Waals surface area contributed by atoms with Crippen molar-refractivity contribution in [3.8, 4) is 0 Å². The number of hydrogen-bond donors (Lipinski definition) is 6. The molecule has 0 atom stereocenters. The first-order valence-corrected chi connectivity index (χ1v) is 13.3. The van der Waals surface area contributed by atoms with Crippen LogP contribution in [-0.4, -0.2) is 65.6 Å². The van der Waals surface area contributed by atoms with Gasteiger partial charge in [-0.3, -0.25) is 4.57 Å². The van der Waals surface area contributed by atoms with Crippen LogP contribution in [0.4, 0.5) is 0 Å². The molecule has 10 N–H and O–H groups in total. The maximum atomic E-state index is 10.4. The molecule has 1 fully saturated rings. The molecule has 1 heterocycles. The van der Waals surface area contributed by atoms with Gasteiger partial charge in [0.2, 0.25) is 0 Å². The monoisotopic (exact) mass is 608 g/mol. The maximum absolute atomic E-state index is 10.4. The Morgan fingerprint density at radius 1 is 0.632 bits per heavy atom. The summed E-state index contributed by atoms with van der Waals surface area (Å²) in [6, 6.07) is 0. The molecule has 0 radical (unpaired) electrons. The summed E-state index contributed by atoms with van der Waals surface area (Å²) < 4.78 is 28.4. The van der Waals surface area contributed by atoms with Crippen LogP contribution in [0.3, 0.4) is 0 Å². The van der Waals surface area contributed by atoms with E-state index in [-0.39, 0.29) is 59.1 Å². The molecule has 1 saturated heterocycles. The maximum Gasteiger partial charge on any atom is 1.00 e. The second-order valence-corrected chi connectivity index (χ2v) is 6.14. The number of hydrogen-bond acceptors (Lipinski definition) is 12. The molecular formula is C22H56N6Na2O6P2. The smallest absolute Gasteiger partial charge is 0.813 e. The van der Waals surface area contributed by atoms with Crippen LogP contribution < -0.4 is 102 Å². The van der Waals surface area contributed by atoms with Crippen molar-refractivity contribution in [1.82, 2.24) is 10.6 Å². The molecule has 38 heavy (non-hydrogen) atoms. The molecule has 0 unspecified atom stereocenters. The van der Waals surface area contributed by atoms with Crippen LogP contribution >= 0.6 is 16.5 Å². The van der Waals surface area contributed by atoms with Crippen LogP contribution in [0.2, 0.25) is 0 Å². The Kier molecular flexibility index (Phi) is 173. The SMILES string of the molecule is C=C.C=C.C=C.C=C.C=C.NCCNCCN.NCCNCCN.O=[PH]([O-])[O-].O=[PH]1OCCCCO1.[Na+].[Na+]. The Labute approximate surface area is 279 Å². The summed E-state index contributed by atoms with van der Waals surface area (Å²) in [4.78, 5) is 17.0.